The molecule has 3 atom stereocenters. The Labute approximate surface area is 119 Å². The van der Waals surface area contributed by atoms with Gasteiger partial charge in [0.05, 0.1) is 12.7 Å². The van der Waals surface area contributed by atoms with Gasteiger partial charge in [-0.1, -0.05) is 20.3 Å². The highest BCUT2D eigenvalue weighted by Crippen LogP contribution is 2.28. The van der Waals surface area contributed by atoms with Crippen LogP contribution in [0.4, 0.5) is 0 Å². The van der Waals surface area contributed by atoms with Crippen LogP contribution < -0.4 is 0 Å². The minimum atomic E-state index is -2.73. The molecular weight excluding hydrogens is 280 g/mol. The van der Waals surface area contributed by atoms with E-state index in [-0.39, 0.29) is 6.61 Å². The van der Waals surface area contributed by atoms with Crippen molar-refractivity contribution in [1.82, 2.24) is 0 Å². The molecule has 0 aromatic rings. The molecule has 116 valence electrons. The molecule has 0 bridgehead atoms. The lowest BCUT2D eigenvalue weighted by atomic mass is 10.1. The van der Waals surface area contributed by atoms with Crippen LogP contribution in [0.5, 0.6) is 0 Å². The molecule has 0 aromatic carbocycles. The number of rotatable bonds is 10. The van der Waals surface area contributed by atoms with Crippen LogP contribution in [-0.2, 0) is 8.54 Å². The molecule has 0 radical (unpaired) electrons. The number of aliphatic hydroxyl groups is 2. The second-order valence-corrected chi connectivity index (χ2v) is 12.6. The fourth-order valence-electron chi connectivity index (χ4n) is 1.97. The molecule has 0 rings (SSSR count). The molecule has 0 aromatic heterocycles. The molecule has 0 saturated carbocycles. The summed E-state index contributed by atoms with van der Waals surface area (Å²) in [6.45, 7) is 7.39. The third-order valence-corrected chi connectivity index (χ3v) is 9.65. The van der Waals surface area contributed by atoms with E-state index in [2.05, 4.69) is 13.8 Å². The zero-order valence-corrected chi connectivity index (χ0v) is 14.8. The molecule has 3 N–H and O–H groups in total. The molecule has 0 saturated heterocycles. The van der Waals surface area contributed by atoms with Crippen molar-refractivity contribution in [2.75, 3.05) is 13.7 Å². The van der Waals surface area contributed by atoms with E-state index >= 15 is 0 Å². The maximum atomic E-state index is 10.0. The first-order valence-corrected chi connectivity index (χ1v) is 12.0. The Balaban J connectivity index is 4.84. The topological polar surface area (TPSA) is 79.2 Å². The lowest BCUT2D eigenvalue weighted by Gasteiger charge is -2.35. The molecule has 0 spiro atoms. The van der Waals surface area contributed by atoms with Gasteiger partial charge >= 0.3 is 17.1 Å². The van der Waals surface area contributed by atoms with Crippen LogP contribution in [0.2, 0.25) is 25.2 Å². The van der Waals surface area contributed by atoms with E-state index in [1.807, 2.05) is 0 Å². The van der Waals surface area contributed by atoms with Gasteiger partial charge in [0.1, 0.15) is 0 Å². The minimum Gasteiger partial charge on any atom is -0.415 e. The molecule has 19 heavy (non-hydrogen) atoms. The van der Waals surface area contributed by atoms with Crippen molar-refractivity contribution < 1.29 is 23.5 Å². The standard InChI is InChI=1S/C12H30O5Si2/c1-6-11(2)7-8-19(16-3,10-12(14)9-13)17-18(4,5)15/h11-15H,6-10H2,1-5H3. The average Bonchev–Trinajstić information content (AvgIpc) is 2.33. The van der Waals surface area contributed by atoms with E-state index < -0.39 is 23.2 Å². The highest BCUT2D eigenvalue weighted by atomic mass is 28.5. The van der Waals surface area contributed by atoms with Crippen molar-refractivity contribution >= 4 is 17.1 Å². The van der Waals surface area contributed by atoms with Gasteiger partial charge in [0.15, 0.2) is 0 Å². The highest BCUT2D eigenvalue weighted by Gasteiger charge is 2.43. The molecular formula is C12H30O5Si2. The molecule has 0 aliphatic heterocycles. The van der Waals surface area contributed by atoms with Crippen LogP contribution in [0, 0.1) is 5.92 Å². The number of aliphatic hydroxyl groups excluding tert-OH is 2. The van der Waals surface area contributed by atoms with Crippen LogP contribution >= 0.6 is 0 Å². The quantitative estimate of drug-likeness (QED) is 0.534. The summed E-state index contributed by atoms with van der Waals surface area (Å²) >= 11 is 0. The molecule has 5 nitrogen and oxygen atoms in total. The van der Waals surface area contributed by atoms with Crippen LogP contribution in [-0.4, -0.2) is 52.0 Å². The zero-order chi connectivity index (χ0) is 15.1. The van der Waals surface area contributed by atoms with Crippen molar-refractivity contribution in [3.05, 3.63) is 0 Å². The minimum absolute atomic E-state index is 0.299. The summed E-state index contributed by atoms with van der Waals surface area (Å²) in [7, 11) is -3.82. The first-order valence-electron chi connectivity index (χ1n) is 6.94. The van der Waals surface area contributed by atoms with Crippen molar-refractivity contribution in [2.45, 2.75) is 58.0 Å². The summed E-state index contributed by atoms with van der Waals surface area (Å²) in [4.78, 5) is 10.0. The average molecular weight is 311 g/mol. The maximum absolute atomic E-state index is 10.0. The Morgan fingerprint density at radius 2 is 1.84 bits per heavy atom. The van der Waals surface area contributed by atoms with Gasteiger partial charge in [-0.2, -0.15) is 0 Å². The summed E-state index contributed by atoms with van der Waals surface area (Å²) in [6.07, 6.45) is 1.18. The van der Waals surface area contributed by atoms with Gasteiger partial charge in [-0.05, 0) is 31.5 Å². The van der Waals surface area contributed by atoms with Crippen LogP contribution in [0.25, 0.3) is 0 Å². The first kappa shape index (κ1) is 19.2. The Morgan fingerprint density at radius 1 is 1.26 bits per heavy atom. The summed E-state index contributed by atoms with van der Waals surface area (Å²) in [6, 6.07) is 1.03. The van der Waals surface area contributed by atoms with Gasteiger partial charge in [0.2, 0.25) is 0 Å². The van der Waals surface area contributed by atoms with E-state index in [4.69, 9.17) is 13.6 Å². The van der Waals surface area contributed by atoms with E-state index in [9.17, 15) is 9.90 Å². The van der Waals surface area contributed by atoms with E-state index in [0.29, 0.717) is 12.0 Å². The van der Waals surface area contributed by atoms with Gasteiger partial charge in [-0.25, -0.2) is 0 Å². The van der Waals surface area contributed by atoms with Gasteiger partial charge in [0, 0.05) is 13.2 Å². The third-order valence-electron chi connectivity index (χ3n) is 3.28. The molecule has 0 aliphatic carbocycles. The maximum Gasteiger partial charge on any atom is 0.331 e. The Kier molecular flexibility index (Phi) is 8.61. The smallest absolute Gasteiger partial charge is 0.331 e. The molecule has 0 heterocycles. The summed E-state index contributed by atoms with van der Waals surface area (Å²) in [5.41, 5.74) is 0. The Morgan fingerprint density at radius 3 is 2.21 bits per heavy atom. The third kappa shape index (κ3) is 8.18. The van der Waals surface area contributed by atoms with Crippen molar-refractivity contribution in [1.29, 1.82) is 0 Å². The van der Waals surface area contributed by atoms with Crippen molar-refractivity contribution in [3.63, 3.8) is 0 Å². The largest absolute Gasteiger partial charge is 0.415 e. The normalized spacial score (nSPS) is 18.9. The van der Waals surface area contributed by atoms with E-state index in [1.165, 1.54) is 0 Å². The predicted octanol–water partition coefficient (Wildman–Crippen LogP) is 1.58. The molecule has 0 aliphatic rings. The summed E-state index contributed by atoms with van der Waals surface area (Å²) in [5.74, 6) is 0.556. The molecule has 3 unspecified atom stereocenters. The molecule has 7 heteroatoms. The van der Waals surface area contributed by atoms with E-state index in [0.717, 1.165) is 18.9 Å². The lowest BCUT2D eigenvalue weighted by Crippen LogP contribution is -2.52. The Hall–Kier alpha value is 0.234. The van der Waals surface area contributed by atoms with Crippen LogP contribution in [0.1, 0.15) is 26.7 Å². The number of hydrogen-bond acceptors (Lipinski definition) is 5. The molecule has 0 fully saturated rings. The first-order chi connectivity index (χ1) is 8.68. The Bertz CT molecular complexity index is 247. The predicted molar refractivity (Wildman–Crippen MR) is 80.3 cm³/mol. The summed E-state index contributed by atoms with van der Waals surface area (Å²) in [5, 5.41) is 18.7. The van der Waals surface area contributed by atoms with E-state index in [1.54, 1.807) is 20.2 Å². The van der Waals surface area contributed by atoms with Crippen LogP contribution in [0.15, 0.2) is 0 Å². The second kappa shape index (κ2) is 8.50. The fraction of sp³-hybridized carbons (Fsp3) is 1.00. The monoisotopic (exact) mass is 310 g/mol. The molecule has 0 amide bonds. The van der Waals surface area contributed by atoms with Gasteiger partial charge in [-0.3, -0.25) is 0 Å². The van der Waals surface area contributed by atoms with Crippen LogP contribution in [0.3, 0.4) is 0 Å². The van der Waals surface area contributed by atoms with Gasteiger partial charge in [0.25, 0.3) is 0 Å². The van der Waals surface area contributed by atoms with Crippen molar-refractivity contribution in [3.8, 4) is 0 Å². The SMILES string of the molecule is CCC(C)CC[Si](CC(O)CO)(OC)O[Si](C)(C)O. The lowest BCUT2D eigenvalue weighted by molar-refractivity contribution is 0.0987. The zero-order valence-electron chi connectivity index (χ0n) is 12.8. The van der Waals surface area contributed by atoms with Gasteiger partial charge < -0.3 is 23.5 Å². The number of hydrogen-bond donors (Lipinski definition) is 3. The highest BCUT2D eigenvalue weighted by molar-refractivity contribution is 6.79. The van der Waals surface area contributed by atoms with Gasteiger partial charge in [-0.15, -0.1) is 0 Å². The fourth-order valence-corrected chi connectivity index (χ4v) is 9.04. The second-order valence-electron chi connectivity index (χ2n) is 5.76. The van der Waals surface area contributed by atoms with Crippen molar-refractivity contribution in [2.24, 2.45) is 5.92 Å². The summed E-state index contributed by atoms with van der Waals surface area (Å²) < 4.78 is 11.5.